The third kappa shape index (κ3) is 2.62. The van der Waals surface area contributed by atoms with Crippen molar-refractivity contribution in [1.29, 1.82) is 5.26 Å². The van der Waals surface area contributed by atoms with E-state index >= 15 is 0 Å². The maximum Gasteiger partial charge on any atom is 0.123 e. The highest BCUT2D eigenvalue weighted by molar-refractivity contribution is 6.30. The van der Waals surface area contributed by atoms with Gasteiger partial charge in [0, 0.05) is 10.6 Å². The third-order valence-corrected chi connectivity index (χ3v) is 2.38. The van der Waals surface area contributed by atoms with Crippen LogP contribution in [0.3, 0.4) is 0 Å². The van der Waals surface area contributed by atoms with Crippen molar-refractivity contribution in [1.82, 2.24) is 0 Å². The number of nitrogens with zero attached hydrogens (tertiary/aromatic N) is 1. The van der Waals surface area contributed by atoms with E-state index in [2.05, 4.69) is 0 Å². The predicted molar refractivity (Wildman–Crippen MR) is 58.0 cm³/mol. The Morgan fingerprint density at radius 1 is 1.53 bits per heavy atom. The summed E-state index contributed by atoms with van der Waals surface area (Å²) in [7, 11) is 1.52. The molecule has 2 unspecified atom stereocenters. The van der Waals surface area contributed by atoms with Crippen molar-refractivity contribution >= 4 is 11.6 Å². The van der Waals surface area contributed by atoms with Gasteiger partial charge in [-0.3, -0.25) is 0 Å². The molecule has 0 radical (unpaired) electrons. The molecular weight excluding hydrogens is 214 g/mol. The number of hydrogen-bond donors (Lipinski definition) is 1. The Labute approximate surface area is 93.9 Å². The summed E-state index contributed by atoms with van der Waals surface area (Å²) in [5.41, 5.74) is 0.613. The number of aliphatic hydroxyl groups excluding tert-OH is 1. The zero-order chi connectivity index (χ0) is 11.4. The molecule has 1 aromatic carbocycles. The summed E-state index contributed by atoms with van der Waals surface area (Å²) in [6.45, 7) is 1.56. The quantitative estimate of drug-likeness (QED) is 0.859. The SMILES string of the molecule is COc1ccc(Cl)cc1C(C#N)C(C)O. The lowest BCUT2D eigenvalue weighted by atomic mass is 9.95. The lowest BCUT2D eigenvalue weighted by Gasteiger charge is -2.16. The molecule has 0 amide bonds. The molecule has 0 aliphatic rings. The maximum atomic E-state index is 9.46. The van der Waals surface area contributed by atoms with E-state index in [4.69, 9.17) is 21.6 Å². The summed E-state index contributed by atoms with van der Waals surface area (Å²) in [5, 5.41) is 18.9. The number of aliphatic hydroxyl groups is 1. The van der Waals surface area contributed by atoms with E-state index in [-0.39, 0.29) is 0 Å². The van der Waals surface area contributed by atoms with E-state index < -0.39 is 12.0 Å². The van der Waals surface area contributed by atoms with Crippen molar-refractivity contribution in [3.8, 4) is 11.8 Å². The number of benzene rings is 1. The lowest BCUT2D eigenvalue weighted by Crippen LogP contribution is -2.13. The molecule has 0 bridgehead atoms. The number of hydrogen-bond acceptors (Lipinski definition) is 3. The highest BCUT2D eigenvalue weighted by Gasteiger charge is 2.20. The summed E-state index contributed by atoms with van der Waals surface area (Å²) < 4.78 is 5.11. The second-order valence-corrected chi connectivity index (χ2v) is 3.67. The molecule has 0 spiro atoms. The Hall–Kier alpha value is -1.24. The summed E-state index contributed by atoms with van der Waals surface area (Å²) in [4.78, 5) is 0. The number of methoxy groups -OCH3 is 1. The van der Waals surface area contributed by atoms with E-state index in [9.17, 15) is 5.11 Å². The molecule has 0 aliphatic heterocycles. The molecule has 3 nitrogen and oxygen atoms in total. The van der Waals surface area contributed by atoms with Crippen molar-refractivity contribution < 1.29 is 9.84 Å². The fourth-order valence-electron chi connectivity index (χ4n) is 1.39. The van der Waals surface area contributed by atoms with Crippen LogP contribution in [0.5, 0.6) is 5.75 Å². The summed E-state index contributed by atoms with van der Waals surface area (Å²) in [5.74, 6) is -0.0644. The third-order valence-electron chi connectivity index (χ3n) is 2.15. The van der Waals surface area contributed by atoms with Crippen LogP contribution in [0.1, 0.15) is 18.4 Å². The molecule has 0 saturated heterocycles. The van der Waals surface area contributed by atoms with E-state index in [1.165, 1.54) is 7.11 Å². The topological polar surface area (TPSA) is 53.2 Å². The van der Waals surface area contributed by atoms with Crippen molar-refractivity contribution in [3.05, 3.63) is 28.8 Å². The van der Waals surface area contributed by atoms with Gasteiger partial charge in [0.15, 0.2) is 0 Å². The second-order valence-electron chi connectivity index (χ2n) is 3.23. The number of rotatable bonds is 3. The van der Waals surface area contributed by atoms with Gasteiger partial charge in [0.05, 0.1) is 19.3 Å². The second kappa shape index (κ2) is 5.01. The molecule has 0 saturated carbocycles. The largest absolute Gasteiger partial charge is 0.496 e. The smallest absolute Gasteiger partial charge is 0.123 e. The van der Waals surface area contributed by atoms with Crippen LogP contribution in [-0.4, -0.2) is 18.3 Å². The molecule has 0 fully saturated rings. The molecule has 4 heteroatoms. The van der Waals surface area contributed by atoms with Gasteiger partial charge in [-0.05, 0) is 25.1 Å². The molecule has 0 aromatic heterocycles. The van der Waals surface area contributed by atoms with Crippen molar-refractivity contribution in [2.75, 3.05) is 7.11 Å². The maximum absolute atomic E-state index is 9.46. The zero-order valence-corrected chi connectivity index (χ0v) is 9.32. The van der Waals surface area contributed by atoms with Crippen LogP contribution in [0, 0.1) is 11.3 Å². The molecule has 0 heterocycles. The van der Waals surface area contributed by atoms with Crippen LogP contribution in [0.2, 0.25) is 5.02 Å². The Morgan fingerprint density at radius 2 is 2.20 bits per heavy atom. The normalized spacial score (nSPS) is 14.1. The lowest BCUT2D eigenvalue weighted by molar-refractivity contribution is 0.180. The first-order chi connectivity index (χ1) is 7.10. The average Bonchev–Trinajstić information content (AvgIpc) is 2.18. The van der Waals surface area contributed by atoms with Gasteiger partial charge in [-0.2, -0.15) is 5.26 Å². The van der Waals surface area contributed by atoms with Gasteiger partial charge in [0.25, 0.3) is 0 Å². The molecule has 0 aliphatic carbocycles. The molecular formula is C11H12ClNO2. The highest BCUT2D eigenvalue weighted by atomic mass is 35.5. The van der Waals surface area contributed by atoms with Crippen molar-refractivity contribution in [3.63, 3.8) is 0 Å². The molecule has 1 rings (SSSR count). The summed E-state index contributed by atoms with van der Waals surface area (Å²) >= 11 is 5.83. The van der Waals surface area contributed by atoms with Gasteiger partial charge < -0.3 is 9.84 Å². The van der Waals surface area contributed by atoms with E-state index in [0.29, 0.717) is 16.3 Å². The fourth-order valence-corrected chi connectivity index (χ4v) is 1.57. The van der Waals surface area contributed by atoms with Crippen LogP contribution in [0.4, 0.5) is 0 Å². The minimum atomic E-state index is -0.762. The van der Waals surface area contributed by atoms with E-state index in [1.54, 1.807) is 25.1 Å². The van der Waals surface area contributed by atoms with Crippen LogP contribution in [0.15, 0.2) is 18.2 Å². The first-order valence-corrected chi connectivity index (χ1v) is 4.89. The summed E-state index contributed by atoms with van der Waals surface area (Å²) in [6.07, 6.45) is -0.762. The zero-order valence-electron chi connectivity index (χ0n) is 8.57. The van der Waals surface area contributed by atoms with Crippen LogP contribution in [0.25, 0.3) is 0 Å². The Kier molecular flexibility index (Phi) is 3.96. The first kappa shape index (κ1) is 11.8. The van der Waals surface area contributed by atoms with E-state index in [0.717, 1.165) is 0 Å². The Morgan fingerprint density at radius 3 is 2.67 bits per heavy atom. The van der Waals surface area contributed by atoms with Gasteiger partial charge in [-0.15, -0.1) is 0 Å². The van der Waals surface area contributed by atoms with Crippen molar-refractivity contribution in [2.45, 2.75) is 18.9 Å². The first-order valence-electron chi connectivity index (χ1n) is 4.51. The monoisotopic (exact) mass is 225 g/mol. The highest BCUT2D eigenvalue weighted by Crippen LogP contribution is 2.31. The summed E-state index contributed by atoms with van der Waals surface area (Å²) in [6, 6.07) is 7.04. The molecule has 15 heavy (non-hydrogen) atoms. The van der Waals surface area contributed by atoms with Gasteiger partial charge in [-0.1, -0.05) is 11.6 Å². The van der Waals surface area contributed by atoms with Crippen LogP contribution in [-0.2, 0) is 0 Å². The van der Waals surface area contributed by atoms with Gasteiger partial charge in [0.2, 0.25) is 0 Å². The Bertz CT molecular complexity index is 385. The number of ether oxygens (including phenoxy) is 1. The van der Waals surface area contributed by atoms with Gasteiger partial charge in [0.1, 0.15) is 11.7 Å². The average molecular weight is 226 g/mol. The standard InChI is InChI=1S/C11H12ClNO2/c1-7(14)10(6-13)9-5-8(12)3-4-11(9)15-2/h3-5,7,10,14H,1-2H3. The van der Waals surface area contributed by atoms with Crippen LogP contribution >= 0.6 is 11.6 Å². The van der Waals surface area contributed by atoms with Gasteiger partial charge >= 0.3 is 0 Å². The number of halogens is 1. The molecule has 1 N–H and O–H groups in total. The van der Waals surface area contributed by atoms with Crippen LogP contribution < -0.4 is 4.74 Å². The van der Waals surface area contributed by atoms with Gasteiger partial charge in [-0.25, -0.2) is 0 Å². The predicted octanol–water partition coefficient (Wildman–Crippen LogP) is 2.34. The van der Waals surface area contributed by atoms with Crippen molar-refractivity contribution in [2.24, 2.45) is 0 Å². The minimum Gasteiger partial charge on any atom is -0.496 e. The Balaban J connectivity index is 3.21. The van der Waals surface area contributed by atoms with E-state index in [1.807, 2.05) is 6.07 Å². The minimum absolute atomic E-state index is 0.520. The molecule has 80 valence electrons. The fraction of sp³-hybridized carbons (Fsp3) is 0.364. The molecule has 2 atom stereocenters. The molecule has 1 aromatic rings. The number of nitriles is 1.